The third kappa shape index (κ3) is 2.16. The zero-order valence-electron chi connectivity index (χ0n) is 12.7. The van der Waals surface area contributed by atoms with E-state index in [4.69, 9.17) is 11.6 Å². The topological polar surface area (TPSA) is 61.4 Å². The minimum Gasteiger partial charge on any atom is -0.338 e. The van der Waals surface area contributed by atoms with Crippen LogP contribution in [0, 0.1) is 0 Å². The predicted octanol–water partition coefficient (Wildman–Crippen LogP) is 3.00. The number of urea groups is 1. The van der Waals surface area contributed by atoms with Crippen LogP contribution in [0.25, 0.3) is 0 Å². The molecular weight excluding hydrogens is 322 g/mol. The van der Waals surface area contributed by atoms with Crippen LogP contribution in [0.15, 0.2) is 18.2 Å². The van der Waals surface area contributed by atoms with Crippen LogP contribution in [-0.2, 0) is 9.67 Å². The number of hydrogen-bond acceptors (Lipinski definition) is 3. The summed E-state index contributed by atoms with van der Waals surface area (Å²) in [6.07, 6.45) is 0. The molecule has 0 radical (unpaired) electrons. The Labute approximate surface area is 138 Å². The molecule has 22 heavy (non-hydrogen) atoms. The van der Waals surface area contributed by atoms with Crippen LogP contribution in [0.4, 0.5) is 10.5 Å². The first-order valence-electron chi connectivity index (χ1n) is 7.17. The SMILES string of the molecule is CCNC(=O)N1CC(C)(C)SC12C(=O)Nc1ccc(Cl)cc12. The number of nitrogens with zero attached hydrogens (tertiary/aromatic N) is 1. The first-order chi connectivity index (χ1) is 10.3. The summed E-state index contributed by atoms with van der Waals surface area (Å²) in [6, 6.07) is 5.06. The van der Waals surface area contributed by atoms with Crippen LogP contribution in [0.1, 0.15) is 26.3 Å². The van der Waals surface area contributed by atoms with E-state index in [0.29, 0.717) is 23.8 Å². The Bertz CT molecular complexity index is 664. The van der Waals surface area contributed by atoms with Crippen molar-refractivity contribution < 1.29 is 9.59 Å². The Kier molecular flexibility index (Phi) is 3.57. The maximum Gasteiger partial charge on any atom is 0.319 e. The number of fused-ring (bicyclic) bond motifs is 2. The van der Waals surface area contributed by atoms with Crippen molar-refractivity contribution in [3.63, 3.8) is 0 Å². The van der Waals surface area contributed by atoms with Gasteiger partial charge in [-0.15, -0.1) is 11.8 Å². The zero-order chi connectivity index (χ0) is 16.1. The molecule has 1 saturated heterocycles. The van der Waals surface area contributed by atoms with Crippen molar-refractivity contribution in [2.24, 2.45) is 0 Å². The fourth-order valence-corrected chi connectivity index (χ4v) is 4.89. The number of carbonyl (C=O) groups excluding carboxylic acids is 2. The van der Waals surface area contributed by atoms with E-state index in [1.54, 1.807) is 23.1 Å². The van der Waals surface area contributed by atoms with E-state index >= 15 is 0 Å². The monoisotopic (exact) mass is 339 g/mol. The third-order valence-corrected chi connectivity index (χ3v) is 5.66. The van der Waals surface area contributed by atoms with Crippen molar-refractivity contribution in [3.8, 4) is 0 Å². The highest BCUT2D eigenvalue weighted by atomic mass is 35.5. The molecule has 3 rings (SSSR count). The van der Waals surface area contributed by atoms with E-state index in [9.17, 15) is 9.59 Å². The van der Waals surface area contributed by atoms with E-state index in [-0.39, 0.29) is 16.7 Å². The molecule has 0 bridgehead atoms. The molecule has 1 fully saturated rings. The standard InChI is InChI=1S/C15H18ClN3O2S/c1-4-17-13(21)19-8-14(2,3)22-15(19)10-7-9(16)5-6-11(10)18-12(15)20/h5-7H,4,8H2,1-3H3,(H,17,21)(H,18,20). The molecule has 7 heteroatoms. The van der Waals surface area contributed by atoms with Gasteiger partial charge in [0, 0.05) is 34.1 Å². The van der Waals surface area contributed by atoms with Gasteiger partial charge in [0.05, 0.1) is 0 Å². The number of halogens is 1. The summed E-state index contributed by atoms with van der Waals surface area (Å²) in [5.74, 6) is -0.188. The van der Waals surface area contributed by atoms with E-state index in [2.05, 4.69) is 10.6 Å². The van der Waals surface area contributed by atoms with Gasteiger partial charge < -0.3 is 10.6 Å². The lowest BCUT2D eigenvalue weighted by molar-refractivity contribution is -0.121. The number of amides is 3. The second kappa shape index (κ2) is 5.06. The van der Waals surface area contributed by atoms with Crippen LogP contribution < -0.4 is 10.6 Å². The molecule has 1 unspecified atom stereocenters. The largest absolute Gasteiger partial charge is 0.338 e. The molecule has 2 heterocycles. The molecular formula is C15H18ClN3O2S. The number of thioether (sulfide) groups is 1. The van der Waals surface area contributed by atoms with E-state index in [1.165, 1.54) is 11.8 Å². The molecule has 118 valence electrons. The number of rotatable bonds is 1. The van der Waals surface area contributed by atoms with Crippen LogP contribution in [0.2, 0.25) is 5.02 Å². The molecule has 1 aromatic carbocycles. The summed E-state index contributed by atoms with van der Waals surface area (Å²) in [5, 5.41) is 6.24. The molecule has 5 nitrogen and oxygen atoms in total. The quantitative estimate of drug-likeness (QED) is 0.826. The Morgan fingerprint density at radius 1 is 1.50 bits per heavy atom. The van der Waals surface area contributed by atoms with Gasteiger partial charge in [0.1, 0.15) is 0 Å². The summed E-state index contributed by atoms with van der Waals surface area (Å²) in [6.45, 7) is 6.94. The molecule has 1 aromatic rings. The van der Waals surface area contributed by atoms with E-state index in [0.717, 1.165) is 5.56 Å². The Balaban J connectivity index is 2.15. The molecule has 1 spiro atoms. The predicted molar refractivity (Wildman–Crippen MR) is 89.2 cm³/mol. The molecule has 0 saturated carbocycles. The summed E-state index contributed by atoms with van der Waals surface area (Å²) in [5.41, 5.74) is 1.47. The Morgan fingerprint density at radius 2 is 2.23 bits per heavy atom. The van der Waals surface area contributed by atoms with Gasteiger partial charge in [-0.1, -0.05) is 11.6 Å². The highest BCUT2D eigenvalue weighted by Gasteiger charge is 2.61. The molecule has 2 aliphatic heterocycles. The highest BCUT2D eigenvalue weighted by Crippen LogP contribution is 2.58. The summed E-state index contributed by atoms with van der Waals surface area (Å²) < 4.78 is -0.230. The fraction of sp³-hybridized carbons (Fsp3) is 0.467. The van der Waals surface area contributed by atoms with E-state index < -0.39 is 4.87 Å². The second-order valence-corrected chi connectivity index (χ2v) is 8.41. The first kappa shape index (κ1) is 15.5. The normalized spacial score (nSPS) is 25.3. The van der Waals surface area contributed by atoms with Crippen LogP contribution in [-0.4, -0.2) is 34.7 Å². The van der Waals surface area contributed by atoms with Gasteiger partial charge in [0.25, 0.3) is 5.91 Å². The molecule has 0 aliphatic carbocycles. The summed E-state index contributed by atoms with van der Waals surface area (Å²) in [4.78, 5) is 25.9. The maximum absolute atomic E-state index is 12.8. The molecule has 2 N–H and O–H groups in total. The number of benzene rings is 1. The maximum atomic E-state index is 12.8. The molecule has 2 aliphatic rings. The van der Waals surface area contributed by atoms with Crippen molar-refractivity contribution in [1.82, 2.24) is 10.2 Å². The number of carbonyl (C=O) groups is 2. The minimum absolute atomic E-state index is 0.188. The van der Waals surface area contributed by atoms with Gasteiger partial charge in [-0.2, -0.15) is 0 Å². The van der Waals surface area contributed by atoms with Crippen LogP contribution in [0.5, 0.6) is 0 Å². The van der Waals surface area contributed by atoms with Crippen LogP contribution in [0.3, 0.4) is 0 Å². The lowest BCUT2D eigenvalue weighted by Gasteiger charge is -2.32. The van der Waals surface area contributed by atoms with Gasteiger partial charge in [-0.05, 0) is 39.0 Å². The van der Waals surface area contributed by atoms with Crippen molar-refractivity contribution in [1.29, 1.82) is 0 Å². The van der Waals surface area contributed by atoms with Crippen molar-refractivity contribution >= 4 is 41.0 Å². The first-order valence-corrected chi connectivity index (χ1v) is 8.37. The van der Waals surface area contributed by atoms with Gasteiger partial charge in [0.15, 0.2) is 4.87 Å². The Hall–Kier alpha value is -1.40. The number of anilines is 1. The van der Waals surface area contributed by atoms with Crippen molar-refractivity contribution in [3.05, 3.63) is 28.8 Å². The number of nitrogens with one attached hydrogen (secondary N) is 2. The van der Waals surface area contributed by atoms with Gasteiger partial charge >= 0.3 is 6.03 Å². The highest BCUT2D eigenvalue weighted by molar-refractivity contribution is 8.02. The lowest BCUT2D eigenvalue weighted by atomic mass is 10.0. The second-order valence-electron chi connectivity index (χ2n) is 6.07. The lowest BCUT2D eigenvalue weighted by Crippen LogP contribution is -2.52. The molecule has 1 atom stereocenters. The zero-order valence-corrected chi connectivity index (χ0v) is 14.3. The number of hydrogen-bond donors (Lipinski definition) is 2. The van der Waals surface area contributed by atoms with Crippen molar-refractivity contribution in [2.45, 2.75) is 30.4 Å². The van der Waals surface area contributed by atoms with Crippen LogP contribution >= 0.6 is 23.4 Å². The minimum atomic E-state index is -1.05. The third-order valence-electron chi connectivity index (χ3n) is 3.82. The van der Waals surface area contributed by atoms with Gasteiger partial charge in [-0.3, -0.25) is 9.69 Å². The molecule has 3 amide bonds. The van der Waals surface area contributed by atoms with Crippen molar-refractivity contribution in [2.75, 3.05) is 18.4 Å². The fourth-order valence-electron chi connectivity index (χ4n) is 3.05. The van der Waals surface area contributed by atoms with Gasteiger partial charge in [-0.25, -0.2) is 4.79 Å². The smallest absolute Gasteiger partial charge is 0.319 e. The average molecular weight is 340 g/mol. The Morgan fingerprint density at radius 3 is 2.91 bits per heavy atom. The average Bonchev–Trinajstić information content (AvgIpc) is 2.87. The summed E-state index contributed by atoms with van der Waals surface area (Å²) >= 11 is 7.62. The molecule has 0 aromatic heterocycles. The van der Waals surface area contributed by atoms with Gasteiger partial charge in [0.2, 0.25) is 0 Å². The summed E-state index contributed by atoms with van der Waals surface area (Å²) in [7, 11) is 0. The van der Waals surface area contributed by atoms with E-state index in [1.807, 2.05) is 20.8 Å².